The Morgan fingerprint density at radius 3 is 1.23 bits per heavy atom. The van der Waals surface area contributed by atoms with Crippen LogP contribution in [0.5, 0.6) is 0 Å². The third kappa shape index (κ3) is 48.0. The van der Waals surface area contributed by atoms with E-state index in [1.165, 1.54) is 116 Å². The molecule has 0 aliphatic rings. The minimum Gasteiger partial charge on any atom is -0.462 e. The van der Waals surface area contributed by atoms with Crippen LogP contribution in [0.3, 0.4) is 0 Å². The van der Waals surface area contributed by atoms with E-state index in [0.717, 1.165) is 89.9 Å². The van der Waals surface area contributed by atoms with Crippen molar-refractivity contribution in [3.8, 4) is 0 Å². The van der Waals surface area contributed by atoms with Crippen LogP contribution < -0.4 is 0 Å². The van der Waals surface area contributed by atoms with Crippen molar-refractivity contribution in [2.24, 2.45) is 0 Å². The highest BCUT2D eigenvalue weighted by molar-refractivity contribution is 5.70. The summed E-state index contributed by atoms with van der Waals surface area (Å²) in [5.74, 6) is -0.437. The number of hydrogen-bond acceptors (Lipinski definition) is 5. The summed E-state index contributed by atoms with van der Waals surface area (Å²) < 4.78 is 17.3. The van der Waals surface area contributed by atoms with Crippen LogP contribution in [-0.4, -0.2) is 37.9 Å². The quantitative estimate of drug-likeness (QED) is 0.0347. The Labute approximate surface area is 372 Å². The Hall–Kier alpha value is -2.66. The molecule has 0 spiro atoms. The van der Waals surface area contributed by atoms with Crippen LogP contribution in [0, 0.1) is 0 Å². The number of rotatable bonds is 46. The van der Waals surface area contributed by atoms with E-state index >= 15 is 0 Å². The molecule has 60 heavy (non-hydrogen) atoms. The van der Waals surface area contributed by atoms with Gasteiger partial charge >= 0.3 is 11.9 Å². The molecule has 0 saturated carbocycles. The van der Waals surface area contributed by atoms with E-state index in [1.54, 1.807) is 0 Å². The summed E-state index contributed by atoms with van der Waals surface area (Å²) >= 11 is 0. The molecule has 1 unspecified atom stereocenters. The van der Waals surface area contributed by atoms with Crippen molar-refractivity contribution < 1.29 is 23.8 Å². The predicted molar refractivity (Wildman–Crippen MR) is 260 cm³/mol. The molecule has 5 heteroatoms. The topological polar surface area (TPSA) is 61.8 Å². The zero-order valence-corrected chi connectivity index (χ0v) is 39.7. The van der Waals surface area contributed by atoms with Crippen LogP contribution in [0.2, 0.25) is 0 Å². The van der Waals surface area contributed by atoms with Gasteiger partial charge in [0, 0.05) is 19.4 Å². The summed E-state index contributed by atoms with van der Waals surface area (Å²) in [6.07, 6.45) is 64.8. The summed E-state index contributed by atoms with van der Waals surface area (Å²) in [6, 6.07) is 0. The smallest absolute Gasteiger partial charge is 0.306 e. The van der Waals surface area contributed by atoms with Gasteiger partial charge in [-0.25, -0.2) is 0 Å². The van der Waals surface area contributed by atoms with E-state index in [2.05, 4.69) is 93.7 Å². The molecule has 0 saturated heterocycles. The second kappa shape index (κ2) is 50.7. The third-order valence-electron chi connectivity index (χ3n) is 10.7. The van der Waals surface area contributed by atoms with Crippen LogP contribution in [0.1, 0.15) is 239 Å². The van der Waals surface area contributed by atoms with Gasteiger partial charge in [0.1, 0.15) is 6.61 Å². The Balaban J connectivity index is 4.23. The standard InChI is InChI=1S/C55H96O5/c1-4-7-10-13-16-19-21-23-25-27-28-30-31-33-35-37-39-42-45-48-54(56)59-52-53(51-58-50-47-44-41-18-15-12-9-6-3)60-55(57)49-46-43-40-38-36-34-32-29-26-24-22-20-17-14-11-8-5-2/h7,10,16,19,23-26,28,30,33,35,53H,4-6,8-9,11-15,17-18,20-22,27,29,31-32,34,36-52H2,1-3H3/b10-7-,19-16-,25-23-,26-24-,30-28-,35-33-. The van der Waals surface area contributed by atoms with Crippen molar-refractivity contribution in [2.45, 2.75) is 245 Å². The molecule has 0 rings (SSSR count). The van der Waals surface area contributed by atoms with Gasteiger partial charge in [0.05, 0.1) is 6.61 Å². The Morgan fingerprint density at radius 1 is 0.383 bits per heavy atom. The molecule has 0 aliphatic carbocycles. The maximum absolute atomic E-state index is 12.8. The van der Waals surface area contributed by atoms with E-state index in [-0.39, 0.29) is 25.2 Å². The normalized spacial score (nSPS) is 12.8. The zero-order chi connectivity index (χ0) is 43.5. The molecule has 0 heterocycles. The number of esters is 2. The van der Waals surface area contributed by atoms with Gasteiger partial charge in [-0.2, -0.15) is 0 Å². The van der Waals surface area contributed by atoms with Crippen molar-refractivity contribution in [1.29, 1.82) is 0 Å². The van der Waals surface area contributed by atoms with E-state index in [9.17, 15) is 9.59 Å². The largest absolute Gasteiger partial charge is 0.462 e. The second-order valence-corrected chi connectivity index (χ2v) is 16.7. The summed E-state index contributed by atoms with van der Waals surface area (Å²) in [5.41, 5.74) is 0. The van der Waals surface area contributed by atoms with Gasteiger partial charge in [0.15, 0.2) is 6.10 Å². The van der Waals surface area contributed by atoms with Crippen LogP contribution in [0.4, 0.5) is 0 Å². The maximum atomic E-state index is 12.8. The Bertz CT molecular complexity index is 1080. The van der Waals surface area contributed by atoms with Gasteiger partial charge in [-0.05, 0) is 89.9 Å². The fourth-order valence-electron chi connectivity index (χ4n) is 6.94. The first kappa shape index (κ1) is 57.3. The lowest BCUT2D eigenvalue weighted by molar-refractivity contribution is -0.163. The molecule has 0 bridgehead atoms. The molecule has 0 amide bonds. The fraction of sp³-hybridized carbons (Fsp3) is 0.745. The van der Waals surface area contributed by atoms with Gasteiger partial charge in [0.2, 0.25) is 0 Å². The second-order valence-electron chi connectivity index (χ2n) is 16.7. The number of hydrogen-bond donors (Lipinski definition) is 0. The third-order valence-corrected chi connectivity index (χ3v) is 10.7. The highest BCUT2D eigenvalue weighted by atomic mass is 16.6. The molecule has 1 atom stereocenters. The van der Waals surface area contributed by atoms with Gasteiger partial charge in [-0.1, -0.05) is 209 Å². The molecule has 0 N–H and O–H groups in total. The summed E-state index contributed by atoms with van der Waals surface area (Å²) in [4.78, 5) is 25.3. The number of allylic oxidation sites excluding steroid dienone is 12. The number of unbranched alkanes of at least 4 members (excludes halogenated alkanes) is 23. The molecule has 0 fully saturated rings. The van der Waals surface area contributed by atoms with Gasteiger partial charge in [0.25, 0.3) is 0 Å². The van der Waals surface area contributed by atoms with Crippen molar-refractivity contribution in [3.05, 3.63) is 72.9 Å². The monoisotopic (exact) mass is 837 g/mol. The first-order valence-electron chi connectivity index (χ1n) is 25.5. The Morgan fingerprint density at radius 2 is 0.750 bits per heavy atom. The van der Waals surface area contributed by atoms with Gasteiger partial charge in [-0.15, -0.1) is 0 Å². The Kier molecular flexibility index (Phi) is 48.4. The average molecular weight is 837 g/mol. The summed E-state index contributed by atoms with van der Waals surface area (Å²) in [7, 11) is 0. The van der Waals surface area contributed by atoms with E-state index < -0.39 is 6.10 Å². The SMILES string of the molecule is CC/C=C\C/C=C\C/C=C\C/C=C\C/C=C\CCCCCC(=O)OCC(COCCCCCCCCCC)OC(=O)CCCCCCCCC/C=C\CCCCCCCC. The average Bonchev–Trinajstić information content (AvgIpc) is 3.25. The lowest BCUT2D eigenvalue weighted by Gasteiger charge is -2.18. The minimum absolute atomic E-state index is 0.0657. The fourth-order valence-corrected chi connectivity index (χ4v) is 6.94. The van der Waals surface area contributed by atoms with Crippen molar-refractivity contribution in [3.63, 3.8) is 0 Å². The first-order chi connectivity index (χ1) is 29.6. The highest BCUT2D eigenvalue weighted by Crippen LogP contribution is 2.14. The van der Waals surface area contributed by atoms with Gasteiger partial charge in [-0.3, -0.25) is 9.59 Å². The highest BCUT2D eigenvalue weighted by Gasteiger charge is 2.17. The molecule has 0 aromatic heterocycles. The van der Waals surface area contributed by atoms with Crippen LogP contribution in [-0.2, 0) is 23.8 Å². The molecule has 346 valence electrons. The molecular weight excluding hydrogens is 741 g/mol. The molecule has 0 aromatic carbocycles. The molecule has 0 radical (unpaired) electrons. The molecule has 0 aromatic rings. The van der Waals surface area contributed by atoms with E-state index in [0.29, 0.717) is 19.4 Å². The number of ether oxygens (including phenoxy) is 3. The maximum Gasteiger partial charge on any atom is 0.306 e. The van der Waals surface area contributed by atoms with E-state index in [4.69, 9.17) is 14.2 Å². The zero-order valence-electron chi connectivity index (χ0n) is 39.7. The summed E-state index contributed by atoms with van der Waals surface area (Å²) in [6.45, 7) is 7.67. The van der Waals surface area contributed by atoms with Crippen molar-refractivity contribution >= 4 is 11.9 Å². The predicted octanol–water partition coefficient (Wildman–Crippen LogP) is 17.1. The van der Waals surface area contributed by atoms with Crippen molar-refractivity contribution in [2.75, 3.05) is 19.8 Å². The van der Waals surface area contributed by atoms with Crippen LogP contribution in [0.15, 0.2) is 72.9 Å². The molecular formula is C55H96O5. The van der Waals surface area contributed by atoms with Crippen LogP contribution in [0.25, 0.3) is 0 Å². The first-order valence-corrected chi connectivity index (χ1v) is 25.5. The van der Waals surface area contributed by atoms with Gasteiger partial charge < -0.3 is 14.2 Å². The molecule has 0 aliphatic heterocycles. The summed E-state index contributed by atoms with van der Waals surface area (Å²) in [5, 5.41) is 0. The minimum atomic E-state index is -0.550. The van der Waals surface area contributed by atoms with Crippen molar-refractivity contribution in [1.82, 2.24) is 0 Å². The number of carbonyl (C=O) groups is 2. The van der Waals surface area contributed by atoms with E-state index in [1.807, 2.05) is 0 Å². The lowest BCUT2D eigenvalue weighted by atomic mass is 10.1. The number of carbonyl (C=O) groups excluding carboxylic acids is 2. The van der Waals surface area contributed by atoms with Crippen LogP contribution >= 0.6 is 0 Å². The lowest BCUT2D eigenvalue weighted by Crippen LogP contribution is -2.30. The molecule has 5 nitrogen and oxygen atoms in total.